The molecular formula is C14H22N2O2S. The molecular weight excluding hydrogens is 260 g/mol. The Hall–Kier alpha value is -1.10. The van der Waals surface area contributed by atoms with Crippen LogP contribution in [0, 0.1) is 0 Å². The first kappa shape index (κ1) is 14.3. The van der Waals surface area contributed by atoms with E-state index in [1.807, 2.05) is 6.92 Å². The molecule has 0 amide bonds. The van der Waals surface area contributed by atoms with Crippen LogP contribution >= 0.6 is 11.3 Å². The number of hydrogen-bond donors (Lipinski definition) is 0. The number of esters is 1. The minimum atomic E-state index is -0.320. The highest BCUT2D eigenvalue weighted by Crippen LogP contribution is 2.27. The summed E-state index contributed by atoms with van der Waals surface area (Å²) in [6, 6.07) is 0.559. The lowest BCUT2D eigenvalue weighted by atomic mass is 10.1. The Balaban J connectivity index is 2.02. The fraction of sp³-hybridized carbons (Fsp3) is 0.714. The van der Waals surface area contributed by atoms with Gasteiger partial charge in [0.25, 0.3) is 0 Å². The van der Waals surface area contributed by atoms with Crippen molar-refractivity contribution in [3.63, 3.8) is 0 Å². The maximum absolute atomic E-state index is 11.6. The van der Waals surface area contributed by atoms with Gasteiger partial charge in [-0.25, -0.2) is 9.78 Å². The van der Waals surface area contributed by atoms with Gasteiger partial charge in [0.2, 0.25) is 0 Å². The van der Waals surface area contributed by atoms with Gasteiger partial charge in [0, 0.05) is 18.5 Å². The third kappa shape index (κ3) is 3.69. The van der Waals surface area contributed by atoms with Crippen molar-refractivity contribution in [2.24, 2.45) is 0 Å². The molecule has 1 aliphatic carbocycles. The van der Waals surface area contributed by atoms with Crippen molar-refractivity contribution in [3.8, 4) is 0 Å². The van der Waals surface area contributed by atoms with Crippen LogP contribution in [-0.2, 0) is 4.74 Å². The van der Waals surface area contributed by atoms with E-state index in [1.165, 1.54) is 49.9 Å². The Labute approximate surface area is 118 Å². The summed E-state index contributed by atoms with van der Waals surface area (Å²) in [6.45, 7) is 2.20. The van der Waals surface area contributed by atoms with E-state index in [0.29, 0.717) is 18.3 Å². The zero-order chi connectivity index (χ0) is 13.7. The van der Waals surface area contributed by atoms with Crippen LogP contribution in [0.1, 0.15) is 55.9 Å². The van der Waals surface area contributed by atoms with Crippen LogP contribution in [0.15, 0.2) is 5.38 Å². The number of aromatic nitrogens is 1. The molecule has 0 aliphatic heterocycles. The molecule has 1 aliphatic rings. The van der Waals surface area contributed by atoms with Crippen LogP contribution in [0.5, 0.6) is 0 Å². The molecule has 0 unspecified atom stereocenters. The molecule has 1 aromatic heterocycles. The number of carbonyl (C=O) groups excluding carboxylic acids is 1. The SMILES string of the molecule is CCOC(=O)c1csc(N(C)C2CCCCCC2)n1. The second kappa shape index (κ2) is 6.89. The van der Waals surface area contributed by atoms with E-state index in [9.17, 15) is 4.79 Å². The molecule has 106 valence electrons. The number of hydrogen-bond acceptors (Lipinski definition) is 5. The Morgan fingerprint density at radius 2 is 2.11 bits per heavy atom. The van der Waals surface area contributed by atoms with E-state index in [4.69, 9.17) is 4.74 Å². The summed E-state index contributed by atoms with van der Waals surface area (Å²) < 4.78 is 4.97. The summed E-state index contributed by atoms with van der Waals surface area (Å²) in [5, 5.41) is 2.72. The van der Waals surface area contributed by atoms with Gasteiger partial charge in [-0.05, 0) is 19.8 Å². The molecule has 19 heavy (non-hydrogen) atoms. The molecule has 1 fully saturated rings. The maximum Gasteiger partial charge on any atom is 0.357 e. The second-order valence-electron chi connectivity index (χ2n) is 4.99. The van der Waals surface area contributed by atoms with Crippen LogP contribution < -0.4 is 4.90 Å². The molecule has 0 saturated heterocycles. The number of nitrogens with zero attached hydrogens (tertiary/aromatic N) is 2. The normalized spacial score (nSPS) is 16.9. The van der Waals surface area contributed by atoms with E-state index in [-0.39, 0.29) is 5.97 Å². The third-order valence-corrected chi connectivity index (χ3v) is 4.58. The summed E-state index contributed by atoms with van der Waals surface area (Å²) in [6.07, 6.45) is 7.73. The molecule has 4 nitrogen and oxygen atoms in total. The molecule has 1 saturated carbocycles. The first-order chi connectivity index (χ1) is 9.22. The van der Waals surface area contributed by atoms with E-state index < -0.39 is 0 Å². The first-order valence-corrected chi connectivity index (χ1v) is 7.95. The van der Waals surface area contributed by atoms with Gasteiger partial charge in [-0.2, -0.15) is 0 Å². The van der Waals surface area contributed by atoms with E-state index in [2.05, 4.69) is 16.9 Å². The molecule has 0 aromatic carbocycles. The van der Waals surface area contributed by atoms with Crippen molar-refractivity contribution in [1.82, 2.24) is 4.98 Å². The third-order valence-electron chi connectivity index (χ3n) is 3.65. The highest BCUT2D eigenvalue weighted by molar-refractivity contribution is 7.13. The predicted octanol–water partition coefficient (Wildman–Crippen LogP) is 3.48. The minimum Gasteiger partial charge on any atom is -0.461 e. The molecule has 0 spiro atoms. The van der Waals surface area contributed by atoms with Gasteiger partial charge < -0.3 is 9.64 Å². The Kier molecular flexibility index (Phi) is 5.19. The van der Waals surface area contributed by atoms with E-state index in [0.717, 1.165) is 5.13 Å². The molecule has 0 radical (unpaired) electrons. The average molecular weight is 282 g/mol. The summed E-state index contributed by atoms with van der Waals surface area (Å²) in [5.74, 6) is -0.320. The van der Waals surface area contributed by atoms with Gasteiger partial charge in [-0.15, -0.1) is 11.3 Å². The second-order valence-corrected chi connectivity index (χ2v) is 5.83. The molecule has 0 N–H and O–H groups in total. The maximum atomic E-state index is 11.6. The highest BCUT2D eigenvalue weighted by atomic mass is 32.1. The summed E-state index contributed by atoms with van der Waals surface area (Å²) >= 11 is 1.53. The molecule has 0 bridgehead atoms. The van der Waals surface area contributed by atoms with Gasteiger partial charge >= 0.3 is 5.97 Å². The number of rotatable bonds is 4. The molecule has 0 atom stereocenters. The quantitative estimate of drug-likeness (QED) is 0.626. The summed E-state index contributed by atoms with van der Waals surface area (Å²) in [4.78, 5) is 18.3. The average Bonchev–Trinajstić information content (AvgIpc) is 2.74. The number of thiazole rings is 1. The lowest BCUT2D eigenvalue weighted by Crippen LogP contribution is -2.31. The van der Waals surface area contributed by atoms with Crippen molar-refractivity contribution in [2.45, 2.75) is 51.5 Å². The van der Waals surface area contributed by atoms with Crippen molar-refractivity contribution in [3.05, 3.63) is 11.1 Å². The molecule has 1 aromatic rings. The van der Waals surface area contributed by atoms with Crippen molar-refractivity contribution in [1.29, 1.82) is 0 Å². The highest BCUT2D eigenvalue weighted by Gasteiger charge is 2.21. The standard InChI is InChI=1S/C14H22N2O2S/c1-3-18-13(17)12-10-19-14(15-12)16(2)11-8-6-4-5-7-9-11/h10-11H,3-9H2,1-2H3. The van der Waals surface area contributed by atoms with E-state index >= 15 is 0 Å². The molecule has 5 heteroatoms. The summed E-state index contributed by atoms with van der Waals surface area (Å²) in [7, 11) is 2.09. The van der Waals surface area contributed by atoms with Crippen LogP contribution in [0.4, 0.5) is 5.13 Å². The first-order valence-electron chi connectivity index (χ1n) is 7.08. The lowest BCUT2D eigenvalue weighted by molar-refractivity contribution is 0.0520. The van der Waals surface area contributed by atoms with Crippen LogP contribution in [0.25, 0.3) is 0 Å². The van der Waals surface area contributed by atoms with Gasteiger partial charge in [-0.3, -0.25) is 0 Å². The van der Waals surface area contributed by atoms with Crippen LogP contribution in [-0.4, -0.2) is 30.6 Å². The topological polar surface area (TPSA) is 42.4 Å². The summed E-state index contributed by atoms with van der Waals surface area (Å²) in [5.41, 5.74) is 0.433. The van der Waals surface area contributed by atoms with Crippen LogP contribution in [0.2, 0.25) is 0 Å². The van der Waals surface area contributed by atoms with E-state index in [1.54, 1.807) is 5.38 Å². The Morgan fingerprint density at radius 3 is 2.74 bits per heavy atom. The monoisotopic (exact) mass is 282 g/mol. The van der Waals surface area contributed by atoms with Gasteiger partial charge in [0.05, 0.1) is 6.61 Å². The molecule has 2 rings (SSSR count). The smallest absolute Gasteiger partial charge is 0.357 e. The number of carbonyl (C=O) groups is 1. The predicted molar refractivity (Wildman–Crippen MR) is 78.0 cm³/mol. The number of ether oxygens (including phenoxy) is 1. The van der Waals surface area contributed by atoms with Crippen molar-refractivity contribution in [2.75, 3.05) is 18.6 Å². The fourth-order valence-corrected chi connectivity index (χ4v) is 3.36. The largest absolute Gasteiger partial charge is 0.461 e. The van der Waals surface area contributed by atoms with Gasteiger partial charge in [0.15, 0.2) is 10.8 Å². The zero-order valence-corrected chi connectivity index (χ0v) is 12.5. The van der Waals surface area contributed by atoms with Crippen LogP contribution in [0.3, 0.4) is 0 Å². The number of anilines is 1. The minimum absolute atomic E-state index is 0.320. The van der Waals surface area contributed by atoms with Crippen molar-refractivity contribution < 1.29 is 9.53 Å². The van der Waals surface area contributed by atoms with Gasteiger partial charge in [0.1, 0.15) is 0 Å². The Morgan fingerprint density at radius 1 is 1.42 bits per heavy atom. The van der Waals surface area contributed by atoms with Gasteiger partial charge in [-0.1, -0.05) is 25.7 Å². The zero-order valence-electron chi connectivity index (χ0n) is 11.7. The van der Waals surface area contributed by atoms with Crippen molar-refractivity contribution >= 4 is 22.4 Å². The fourth-order valence-electron chi connectivity index (χ4n) is 2.53. The lowest BCUT2D eigenvalue weighted by Gasteiger charge is -2.26. The Bertz CT molecular complexity index is 411. The molecule has 1 heterocycles.